The highest BCUT2D eigenvalue weighted by Crippen LogP contribution is 2.60. The maximum Gasteiger partial charge on any atom is 0.412 e. The highest BCUT2D eigenvalue weighted by molar-refractivity contribution is 7.65. The van der Waals surface area contributed by atoms with E-state index in [4.69, 9.17) is 39.1 Å². The number of nitrogens with zero attached hydrogens (tertiary/aromatic N) is 2. The third-order valence-electron chi connectivity index (χ3n) is 1.70. The topological polar surface area (TPSA) is 517 Å². The Kier molecular flexibility index (Phi) is 36.4. The molecule has 0 unspecified atom stereocenters. The Balaban J connectivity index is -0.0000000645. The van der Waals surface area contributed by atoms with Gasteiger partial charge in [0.15, 0.2) is 0 Å². The summed E-state index contributed by atoms with van der Waals surface area (Å²) in [5.74, 6) is 0. The van der Waals surface area contributed by atoms with Gasteiger partial charge in [0.1, 0.15) is 0 Å². The lowest BCUT2D eigenvalue weighted by atomic mass is 10.7. The summed E-state index contributed by atoms with van der Waals surface area (Å²) in [5, 5.41) is 0. The Hall–Kier alpha value is 0.200. The van der Waals surface area contributed by atoms with Crippen molar-refractivity contribution in [3.8, 4) is 0 Å². The van der Waals surface area contributed by atoms with Crippen LogP contribution in [0.5, 0.6) is 0 Å². The van der Waals surface area contributed by atoms with E-state index >= 15 is 0 Å². The Morgan fingerprint density at radius 1 is 0.393 bits per heavy atom. The number of hydrogen-bond acceptors (Lipinski definition) is 12. The molecule has 0 aliphatic carbocycles. The molecule has 0 amide bonds. The molecule has 0 aromatic rings. The van der Waals surface area contributed by atoms with Gasteiger partial charge in [-0.25, -0.2) is 18.3 Å². The monoisotopic (exact) mass is 516 g/mol. The van der Waals surface area contributed by atoms with E-state index in [0.29, 0.717) is 0 Å². The molecule has 0 heterocycles. The Morgan fingerprint density at radius 2 is 0.500 bits per heavy atom. The third-order valence-corrected chi connectivity index (χ3v) is 7.71. The number of hydrogen-bond donors (Lipinski definition) is 16. The molecule has 0 bridgehead atoms. The van der Waals surface area contributed by atoms with Crippen molar-refractivity contribution in [1.82, 2.24) is 58.1 Å². The Morgan fingerprint density at radius 3 is 0.571 bits per heavy atom. The van der Waals surface area contributed by atoms with E-state index < -0.39 is 53.0 Å². The van der Waals surface area contributed by atoms with E-state index in [9.17, 15) is 18.3 Å². The van der Waals surface area contributed by atoms with E-state index in [0.717, 1.165) is 0 Å². The molecule has 0 atom stereocenters. The zero-order valence-electron chi connectivity index (χ0n) is 15.0. The minimum atomic E-state index is -5.52. The maximum atomic E-state index is 10.8. The average Bonchev–Trinajstić information content (AvgIpc) is 2.02. The summed E-state index contributed by atoms with van der Waals surface area (Å²) in [5.41, 5.74) is 0. The largest absolute Gasteiger partial charge is 0.412 e. The molecule has 0 aromatic carbocycles. The number of rotatable bonds is 7. The van der Waals surface area contributed by atoms with Gasteiger partial charge in [0.05, 0.1) is 0 Å². The molecule has 0 aliphatic heterocycles. The van der Waals surface area contributed by atoms with Gasteiger partial charge in [0, 0.05) is 13.1 Å². The fourth-order valence-corrected chi connectivity index (χ4v) is 4.83. The van der Waals surface area contributed by atoms with Crippen LogP contribution in [0.3, 0.4) is 0 Å². The second-order valence-corrected chi connectivity index (χ2v) is 9.91. The van der Waals surface area contributed by atoms with Gasteiger partial charge in [-0.2, -0.15) is 0 Å². The van der Waals surface area contributed by atoms with Crippen LogP contribution in [0.25, 0.3) is 0 Å². The Bertz CT molecular complexity index is 445. The van der Waals surface area contributed by atoms with Crippen LogP contribution < -0.4 is 49.2 Å². The van der Waals surface area contributed by atoms with Gasteiger partial charge >= 0.3 is 31.0 Å². The first-order chi connectivity index (χ1) is 8.47. The van der Waals surface area contributed by atoms with Crippen LogP contribution >= 0.6 is 31.0 Å². The summed E-state index contributed by atoms with van der Waals surface area (Å²) in [6, 6.07) is 0. The molecule has 32 N–H and O–H groups in total. The van der Waals surface area contributed by atoms with Crippen molar-refractivity contribution in [3.63, 3.8) is 0 Å². The zero-order valence-corrected chi connectivity index (χ0v) is 18.5. The van der Waals surface area contributed by atoms with E-state index in [1.807, 2.05) is 0 Å². The molecular weight excluding hydrogens is 480 g/mol. The molecule has 0 saturated heterocycles. The van der Waals surface area contributed by atoms with Gasteiger partial charge in [0.25, 0.3) is 0 Å². The van der Waals surface area contributed by atoms with Crippen LogP contribution in [-0.4, -0.2) is 61.1 Å². The molecule has 28 heavy (non-hydrogen) atoms. The minimum absolute atomic E-state index is 0. The zero-order chi connectivity index (χ0) is 16.6. The van der Waals surface area contributed by atoms with E-state index in [-0.39, 0.29) is 49.2 Å². The molecule has 26 heteroatoms. The molecule has 0 rings (SSSR count). The standard InChI is InChI=1S/C2H12N2O12P4.8H3N/c5-17(6,7)3(18(8,9)10)1-2-4(19(11,12)13)20(14,15)16;;;;;;;;/h1-2H2,(H2,5,6,7)(H2,8,9,10)(H2,11,12,13)(H2,14,15,16);8*1H3. The lowest BCUT2D eigenvalue weighted by molar-refractivity contribution is 0.241. The van der Waals surface area contributed by atoms with E-state index in [2.05, 4.69) is 0 Å². The minimum Gasteiger partial charge on any atom is -0.344 e. The summed E-state index contributed by atoms with van der Waals surface area (Å²) >= 11 is 0. The predicted molar refractivity (Wildman–Crippen MR) is 102 cm³/mol. The van der Waals surface area contributed by atoms with Crippen LogP contribution in [0.4, 0.5) is 0 Å². The molecular formula is C2H36N10O12P4. The van der Waals surface area contributed by atoms with Crippen LogP contribution in [0.2, 0.25) is 0 Å². The second-order valence-electron chi connectivity index (χ2n) is 3.24. The first kappa shape index (κ1) is 56.6. The predicted octanol–water partition coefficient (Wildman–Crippen LogP) is -0.743. The summed E-state index contributed by atoms with van der Waals surface area (Å²) in [4.78, 5) is 69.4. The van der Waals surface area contributed by atoms with Crippen LogP contribution in [0.1, 0.15) is 0 Å². The molecule has 0 aromatic heterocycles. The highest BCUT2D eigenvalue weighted by atomic mass is 31.3. The quantitative estimate of drug-likeness (QED) is 0.185. The fourth-order valence-electron chi connectivity index (χ4n) is 1.00. The van der Waals surface area contributed by atoms with Crippen molar-refractivity contribution in [2.75, 3.05) is 13.1 Å². The van der Waals surface area contributed by atoms with Gasteiger partial charge in [-0.1, -0.05) is 0 Å². The summed E-state index contributed by atoms with van der Waals surface area (Å²) in [6.07, 6.45) is 0. The van der Waals surface area contributed by atoms with Gasteiger partial charge in [-0.3, -0.25) is 0 Å². The molecule has 22 nitrogen and oxygen atoms in total. The molecule has 186 valence electrons. The van der Waals surface area contributed by atoms with E-state index in [1.54, 1.807) is 0 Å². The molecule has 0 radical (unpaired) electrons. The van der Waals surface area contributed by atoms with Gasteiger partial charge in [-0.05, 0) is 0 Å². The summed E-state index contributed by atoms with van der Waals surface area (Å²) in [7, 11) is -22.1. The normalized spacial score (nSPS) is 10.8. The van der Waals surface area contributed by atoms with Crippen molar-refractivity contribution < 1.29 is 57.4 Å². The van der Waals surface area contributed by atoms with Crippen molar-refractivity contribution >= 4 is 31.0 Å². The SMILES string of the molecule is N.N.N.N.N.N.N.N.O=P(O)(O)N(CCN(P(=O)(O)O)P(=O)(O)O)P(=O)(O)O. The maximum absolute atomic E-state index is 10.8. The lowest BCUT2D eigenvalue weighted by Crippen LogP contribution is -2.29. The lowest BCUT2D eigenvalue weighted by Gasteiger charge is -2.28. The molecule has 0 spiro atoms. The van der Waals surface area contributed by atoms with E-state index in [1.165, 1.54) is 0 Å². The van der Waals surface area contributed by atoms with Crippen LogP contribution in [0.15, 0.2) is 0 Å². The van der Waals surface area contributed by atoms with Gasteiger partial charge in [-0.15, -0.1) is 8.88 Å². The molecule has 0 fully saturated rings. The van der Waals surface area contributed by atoms with Crippen molar-refractivity contribution in [3.05, 3.63) is 0 Å². The summed E-state index contributed by atoms with van der Waals surface area (Å²) < 4.78 is 41.8. The molecule has 0 aliphatic rings. The fraction of sp³-hybridized carbons (Fsp3) is 1.00. The summed E-state index contributed by atoms with van der Waals surface area (Å²) in [6.45, 7) is -2.82. The smallest absolute Gasteiger partial charge is 0.344 e. The van der Waals surface area contributed by atoms with Crippen LogP contribution in [0, 0.1) is 0 Å². The highest BCUT2D eigenvalue weighted by Gasteiger charge is 2.44. The van der Waals surface area contributed by atoms with Crippen LogP contribution in [-0.2, 0) is 18.3 Å². The third kappa shape index (κ3) is 19.5. The second kappa shape index (κ2) is 18.0. The Labute approximate surface area is 160 Å². The van der Waals surface area contributed by atoms with Crippen molar-refractivity contribution in [2.45, 2.75) is 0 Å². The molecule has 0 saturated carbocycles. The first-order valence-electron chi connectivity index (χ1n) is 4.26. The van der Waals surface area contributed by atoms with Crippen molar-refractivity contribution in [1.29, 1.82) is 0 Å². The van der Waals surface area contributed by atoms with Gasteiger partial charge < -0.3 is 88.4 Å². The van der Waals surface area contributed by atoms with Crippen molar-refractivity contribution in [2.24, 2.45) is 0 Å². The first-order valence-corrected chi connectivity index (χ1v) is 10.5. The van der Waals surface area contributed by atoms with Gasteiger partial charge in [0.2, 0.25) is 0 Å². The average molecular weight is 516 g/mol.